The summed E-state index contributed by atoms with van der Waals surface area (Å²) < 4.78 is 58.1. The topological polar surface area (TPSA) is 91.7 Å². The second-order valence-electron chi connectivity index (χ2n) is 6.24. The molecule has 7 nitrogen and oxygen atoms in total. The molecule has 0 spiro atoms. The zero-order valence-electron chi connectivity index (χ0n) is 15.1. The summed E-state index contributed by atoms with van der Waals surface area (Å²) in [4.78, 5) is 17.5. The van der Waals surface area contributed by atoms with Gasteiger partial charge in [-0.3, -0.25) is 9.78 Å². The molecule has 0 aliphatic carbocycles. The third-order valence-electron chi connectivity index (χ3n) is 4.19. The molecular weight excluding hydrogens is 529 g/mol. The van der Waals surface area contributed by atoms with Crippen molar-refractivity contribution < 1.29 is 22.0 Å². The summed E-state index contributed by atoms with van der Waals surface area (Å²) in [5.41, 5.74) is 0.886. The number of benzene rings is 1. The quantitative estimate of drug-likeness (QED) is 0.587. The number of aromatic nitrogens is 1. The minimum atomic E-state index is -4.12. The van der Waals surface area contributed by atoms with Gasteiger partial charge in [-0.15, -0.1) is 0 Å². The summed E-state index contributed by atoms with van der Waals surface area (Å²) in [6.45, 7) is 0.0799. The van der Waals surface area contributed by atoms with Gasteiger partial charge < -0.3 is 10.2 Å². The smallest absolute Gasteiger partial charge is 0.253 e. The first-order valence-corrected chi connectivity index (χ1v) is 12.2. The van der Waals surface area contributed by atoms with Gasteiger partial charge in [0.2, 0.25) is 9.84 Å². The van der Waals surface area contributed by atoms with Crippen LogP contribution in [0.5, 0.6) is 0 Å². The molecule has 0 saturated heterocycles. The maximum atomic E-state index is 13.4. The lowest BCUT2D eigenvalue weighted by Crippen LogP contribution is -2.29. The zero-order chi connectivity index (χ0) is 21.3. The number of carbonyl (C=O) groups is 1. The molecule has 4 rings (SSSR count). The number of hydrogen-bond acceptors (Lipinski definition) is 6. The molecule has 2 aliphatic rings. The Balaban J connectivity index is 1.44. The first-order chi connectivity index (χ1) is 14.3. The van der Waals surface area contributed by atoms with Crippen LogP contribution in [0, 0.1) is 11.6 Å². The van der Waals surface area contributed by atoms with E-state index in [1.54, 1.807) is 18.4 Å². The summed E-state index contributed by atoms with van der Waals surface area (Å²) in [5.74, 6) is -1.47. The Kier molecular flexibility index (Phi) is 5.56. The van der Waals surface area contributed by atoms with Crippen LogP contribution in [0.25, 0.3) is 0 Å². The number of amides is 1. The highest BCUT2D eigenvalue weighted by molar-refractivity contribution is 14.2. The summed E-state index contributed by atoms with van der Waals surface area (Å²) in [5, 5.41) is 2.71. The van der Waals surface area contributed by atoms with E-state index in [0.29, 0.717) is 17.3 Å². The van der Waals surface area contributed by atoms with Crippen LogP contribution in [0.1, 0.15) is 5.69 Å². The van der Waals surface area contributed by atoms with Gasteiger partial charge >= 0.3 is 0 Å². The SMILES string of the molecule is O=C(NCc1ccc(S(=O)(=O)c2cc(F)cc(F)c2)cn1)C1=CN2C=IN=C2C=C1. The van der Waals surface area contributed by atoms with E-state index in [-0.39, 0.29) is 38.4 Å². The molecule has 11 heteroatoms. The lowest BCUT2D eigenvalue weighted by atomic mass is 10.2. The molecule has 0 radical (unpaired) electrons. The summed E-state index contributed by atoms with van der Waals surface area (Å²) in [6.07, 6.45) is 6.23. The lowest BCUT2D eigenvalue weighted by molar-refractivity contribution is -0.117. The van der Waals surface area contributed by atoms with Gasteiger partial charge in [-0.2, -0.15) is 0 Å². The van der Waals surface area contributed by atoms with E-state index >= 15 is 0 Å². The second-order valence-corrected chi connectivity index (χ2v) is 9.79. The number of halogens is 3. The van der Waals surface area contributed by atoms with Gasteiger partial charge in [-0.25, -0.2) is 20.4 Å². The van der Waals surface area contributed by atoms with Gasteiger partial charge in [0.1, 0.15) is 17.5 Å². The van der Waals surface area contributed by atoms with E-state index in [9.17, 15) is 22.0 Å². The largest absolute Gasteiger partial charge is 0.346 e. The highest BCUT2D eigenvalue weighted by atomic mass is 127. The van der Waals surface area contributed by atoms with Crippen molar-refractivity contribution in [2.75, 3.05) is 0 Å². The van der Waals surface area contributed by atoms with Crippen LogP contribution in [0.3, 0.4) is 0 Å². The fraction of sp³-hybridized carbons (Fsp3) is 0.0526. The standard InChI is InChI=1S/C19H13F2IN4O3S/c20-13-5-14(21)7-17(6-13)30(28,29)16-3-2-15(23-9-16)8-24-19(27)12-1-4-18-25-22-11-26(18)10-12/h1-7,9-11H,8H2,(H,24,27). The summed E-state index contributed by atoms with van der Waals surface area (Å²) in [6, 6.07) is 4.79. The average Bonchev–Trinajstić information content (AvgIpc) is 3.19. The molecule has 2 aliphatic heterocycles. The molecule has 30 heavy (non-hydrogen) atoms. The number of nitrogens with zero attached hydrogens (tertiary/aromatic N) is 3. The Hall–Kier alpha value is -2.80. The number of rotatable bonds is 5. The zero-order valence-corrected chi connectivity index (χ0v) is 18.1. The molecule has 0 saturated carbocycles. The molecule has 1 aromatic heterocycles. The van der Waals surface area contributed by atoms with E-state index in [1.165, 1.54) is 12.1 Å². The van der Waals surface area contributed by atoms with E-state index < -0.39 is 26.4 Å². The fourth-order valence-corrected chi connectivity index (χ4v) is 5.46. The molecule has 154 valence electrons. The number of nitrogens with one attached hydrogen (secondary N) is 1. The van der Waals surface area contributed by atoms with Gasteiger partial charge in [-0.1, -0.05) is 0 Å². The molecule has 1 aromatic carbocycles. The molecule has 0 unspecified atom stereocenters. The van der Waals surface area contributed by atoms with Crippen molar-refractivity contribution in [2.24, 2.45) is 3.21 Å². The van der Waals surface area contributed by atoms with Crippen molar-refractivity contribution in [3.05, 3.63) is 77.8 Å². The Bertz CT molecular complexity index is 1230. The van der Waals surface area contributed by atoms with Crippen molar-refractivity contribution >= 4 is 46.7 Å². The molecule has 0 atom stereocenters. The van der Waals surface area contributed by atoms with E-state index in [1.807, 2.05) is 9.04 Å². The van der Waals surface area contributed by atoms with Crippen LogP contribution < -0.4 is 5.32 Å². The number of pyridine rings is 1. The Morgan fingerprint density at radius 3 is 2.57 bits per heavy atom. The Labute approximate surface area is 180 Å². The molecule has 0 fully saturated rings. The van der Waals surface area contributed by atoms with E-state index in [0.717, 1.165) is 24.2 Å². The van der Waals surface area contributed by atoms with Gasteiger partial charge in [0.15, 0.2) is 0 Å². The van der Waals surface area contributed by atoms with Crippen molar-refractivity contribution in [3.63, 3.8) is 0 Å². The summed E-state index contributed by atoms with van der Waals surface area (Å²) in [7, 11) is -4.12. The number of hydrogen-bond donors (Lipinski definition) is 1. The average molecular weight is 542 g/mol. The van der Waals surface area contributed by atoms with E-state index in [2.05, 4.69) is 13.5 Å². The highest BCUT2D eigenvalue weighted by Gasteiger charge is 2.21. The fourth-order valence-electron chi connectivity index (χ4n) is 2.68. The van der Waals surface area contributed by atoms with Crippen LogP contribution in [0.2, 0.25) is 0 Å². The number of carbonyl (C=O) groups excluding carboxylic acids is 1. The van der Waals surface area contributed by atoms with Crippen molar-refractivity contribution in [1.29, 1.82) is 0 Å². The molecule has 3 heterocycles. The number of sulfone groups is 1. The first-order valence-electron chi connectivity index (χ1n) is 8.49. The number of fused-ring (bicyclic) bond motifs is 1. The van der Waals surface area contributed by atoms with Gasteiger partial charge in [0.25, 0.3) is 5.91 Å². The highest BCUT2D eigenvalue weighted by Crippen LogP contribution is 2.22. The van der Waals surface area contributed by atoms with Crippen LogP contribution in [-0.4, -0.2) is 34.2 Å². The Morgan fingerprint density at radius 1 is 1.10 bits per heavy atom. The van der Waals surface area contributed by atoms with Gasteiger partial charge in [-0.05, 0) is 36.4 Å². The normalized spacial score (nSPS) is 15.2. The maximum Gasteiger partial charge on any atom is 0.253 e. The van der Waals surface area contributed by atoms with Crippen molar-refractivity contribution in [3.8, 4) is 0 Å². The third kappa shape index (κ3) is 4.21. The molecule has 1 amide bonds. The van der Waals surface area contributed by atoms with Crippen molar-refractivity contribution in [2.45, 2.75) is 16.3 Å². The number of amidine groups is 1. The van der Waals surface area contributed by atoms with Crippen molar-refractivity contribution in [1.82, 2.24) is 15.2 Å². The van der Waals surface area contributed by atoms with Crippen LogP contribution in [0.15, 0.2) is 73.5 Å². The first kappa shape index (κ1) is 20.5. The predicted octanol–water partition coefficient (Wildman–Crippen LogP) is 2.62. The molecule has 2 aromatic rings. The molecular formula is C19H13F2IN4O3S. The summed E-state index contributed by atoms with van der Waals surface area (Å²) >= 11 is -0.369. The van der Waals surface area contributed by atoms with Crippen LogP contribution in [0.4, 0.5) is 8.78 Å². The minimum Gasteiger partial charge on any atom is -0.346 e. The Morgan fingerprint density at radius 2 is 1.87 bits per heavy atom. The van der Waals surface area contributed by atoms with Crippen LogP contribution >= 0.6 is 21.0 Å². The predicted molar refractivity (Wildman–Crippen MR) is 114 cm³/mol. The molecule has 0 bridgehead atoms. The van der Waals surface area contributed by atoms with Crippen LogP contribution in [-0.2, 0) is 21.2 Å². The third-order valence-corrected chi connectivity index (χ3v) is 7.53. The lowest BCUT2D eigenvalue weighted by Gasteiger charge is -2.16. The minimum absolute atomic E-state index is 0.0799. The van der Waals surface area contributed by atoms with Gasteiger partial charge in [0, 0.05) is 39.5 Å². The maximum absolute atomic E-state index is 13.4. The molecule has 1 N–H and O–H groups in total. The monoisotopic (exact) mass is 542 g/mol. The van der Waals surface area contributed by atoms with E-state index in [4.69, 9.17) is 0 Å². The van der Waals surface area contributed by atoms with Gasteiger partial charge in [0.05, 0.1) is 31.7 Å². The second kappa shape index (κ2) is 8.14.